The zero-order valence-electron chi connectivity index (χ0n) is 17.3. The highest BCUT2D eigenvalue weighted by Crippen LogP contribution is 2.26. The lowest BCUT2D eigenvalue weighted by Gasteiger charge is -2.30. The molecule has 1 fully saturated rings. The molecule has 0 bridgehead atoms. The normalized spacial score (nSPS) is 19.1. The predicted octanol–water partition coefficient (Wildman–Crippen LogP) is 5.00. The number of benzene rings is 2. The lowest BCUT2D eigenvalue weighted by atomic mass is 9.91. The molecule has 0 unspecified atom stereocenters. The van der Waals surface area contributed by atoms with E-state index < -0.39 is 0 Å². The maximum Gasteiger partial charge on any atom is 0.225 e. The molecule has 7 heteroatoms. The first-order valence-electron chi connectivity index (χ1n) is 10.4. The summed E-state index contributed by atoms with van der Waals surface area (Å²) in [5.74, 6) is 1.31. The summed E-state index contributed by atoms with van der Waals surface area (Å²) in [5, 5.41) is 8.63. The fourth-order valence-corrected chi connectivity index (χ4v) is 4.24. The Morgan fingerprint density at radius 2 is 1.77 bits per heavy atom. The number of halogens is 2. The predicted molar refractivity (Wildman–Crippen MR) is 122 cm³/mol. The van der Waals surface area contributed by atoms with Gasteiger partial charge in [-0.2, -0.15) is 4.98 Å². The highest BCUT2D eigenvalue weighted by atomic mass is 35.5. The number of hydrogen-bond donors (Lipinski definition) is 2. The van der Waals surface area contributed by atoms with E-state index in [4.69, 9.17) is 21.6 Å². The molecule has 2 N–H and O–H groups in total. The van der Waals surface area contributed by atoms with Crippen molar-refractivity contribution in [2.75, 3.05) is 24.3 Å². The molecular weight excluding hydrogens is 401 g/mol. The van der Waals surface area contributed by atoms with Crippen LogP contribution in [0.15, 0.2) is 42.5 Å². The molecule has 0 saturated heterocycles. The topological polar surface area (TPSA) is 53.1 Å². The highest BCUT2D eigenvalue weighted by molar-refractivity contribution is 6.31. The Hall–Kier alpha value is -2.44. The van der Waals surface area contributed by atoms with Gasteiger partial charge in [0.05, 0.1) is 5.52 Å². The molecule has 1 aliphatic rings. The largest absolute Gasteiger partial charge is 0.362 e. The maximum absolute atomic E-state index is 13.2. The van der Waals surface area contributed by atoms with Gasteiger partial charge in [0.1, 0.15) is 11.6 Å². The summed E-state index contributed by atoms with van der Waals surface area (Å²) in [6.45, 7) is 0.655. The number of nitrogens with one attached hydrogen (secondary N) is 2. The minimum Gasteiger partial charge on any atom is -0.362 e. The molecule has 4 rings (SSSR count). The Labute approximate surface area is 181 Å². The summed E-state index contributed by atoms with van der Waals surface area (Å²) in [6.07, 6.45) is 4.21. The van der Waals surface area contributed by atoms with Crippen LogP contribution >= 0.6 is 11.6 Å². The van der Waals surface area contributed by atoms with Crippen molar-refractivity contribution < 1.29 is 4.39 Å². The van der Waals surface area contributed by atoms with Crippen LogP contribution in [0.4, 0.5) is 16.2 Å². The van der Waals surface area contributed by atoms with E-state index in [1.165, 1.54) is 12.1 Å². The van der Waals surface area contributed by atoms with Crippen LogP contribution in [0.5, 0.6) is 0 Å². The second-order valence-electron chi connectivity index (χ2n) is 8.09. The first kappa shape index (κ1) is 20.8. The molecule has 30 heavy (non-hydrogen) atoms. The van der Waals surface area contributed by atoms with Crippen molar-refractivity contribution in [2.24, 2.45) is 0 Å². The molecule has 0 atom stereocenters. The highest BCUT2D eigenvalue weighted by Gasteiger charge is 2.22. The average molecular weight is 428 g/mol. The van der Waals surface area contributed by atoms with Crippen LogP contribution in [0.1, 0.15) is 31.2 Å². The van der Waals surface area contributed by atoms with E-state index in [0.29, 0.717) is 29.6 Å². The number of rotatable bonds is 6. The standard InChI is InChI=1S/C23H27ClFN5/c1-30(2)22-19-5-3-4-6-21(19)28-23(29-22)27-18-11-9-17(10-12-18)26-14-15-7-8-16(25)13-20(15)24/h3-8,13,17-18,26H,9-12,14H2,1-2H3,(H,27,28,29). The Morgan fingerprint density at radius 3 is 2.50 bits per heavy atom. The van der Waals surface area contributed by atoms with Crippen molar-refractivity contribution in [1.82, 2.24) is 15.3 Å². The molecule has 3 aromatic rings. The maximum atomic E-state index is 13.2. The SMILES string of the molecule is CN(C)c1nc(NC2CCC(NCc3ccc(F)cc3Cl)CC2)nc2ccccc12. The number of nitrogens with zero attached hydrogens (tertiary/aromatic N) is 3. The molecule has 158 valence electrons. The van der Waals surface area contributed by atoms with Gasteiger partial charge in [-0.1, -0.05) is 29.8 Å². The van der Waals surface area contributed by atoms with Gasteiger partial charge in [-0.05, 0) is 55.5 Å². The number of hydrogen-bond acceptors (Lipinski definition) is 5. The van der Waals surface area contributed by atoms with E-state index in [-0.39, 0.29) is 5.82 Å². The van der Waals surface area contributed by atoms with Crippen molar-refractivity contribution >= 4 is 34.3 Å². The Balaban J connectivity index is 1.34. The van der Waals surface area contributed by atoms with Gasteiger partial charge in [0.25, 0.3) is 0 Å². The second kappa shape index (κ2) is 9.14. The molecule has 0 aliphatic heterocycles. The zero-order chi connectivity index (χ0) is 21.1. The second-order valence-corrected chi connectivity index (χ2v) is 8.50. The van der Waals surface area contributed by atoms with Crippen LogP contribution in [0.3, 0.4) is 0 Å². The van der Waals surface area contributed by atoms with Crippen molar-refractivity contribution in [2.45, 2.75) is 44.3 Å². The van der Waals surface area contributed by atoms with Crippen LogP contribution in [-0.2, 0) is 6.54 Å². The van der Waals surface area contributed by atoms with E-state index in [2.05, 4.69) is 16.7 Å². The third-order valence-electron chi connectivity index (χ3n) is 5.66. The molecule has 5 nitrogen and oxygen atoms in total. The summed E-state index contributed by atoms with van der Waals surface area (Å²) in [6, 6.07) is 13.4. The van der Waals surface area contributed by atoms with Gasteiger partial charge in [-0.3, -0.25) is 0 Å². The van der Waals surface area contributed by atoms with E-state index in [1.54, 1.807) is 6.07 Å². The molecule has 2 aromatic carbocycles. The van der Waals surface area contributed by atoms with E-state index >= 15 is 0 Å². The van der Waals surface area contributed by atoms with Gasteiger partial charge >= 0.3 is 0 Å². The van der Waals surface area contributed by atoms with Gasteiger partial charge in [0, 0.05) is 43.1 Å². The molecule has 0 radical (unpaired) electrons. The Morgan fingerprint density at radius 1 is 1.03 bits per heavy atom. The Kier molecular flexibility index (Phi) is 6.35. The lowest BCUT2D eigenvalue weighted by Crippen LogP contribution is -2.37. The van der Waals surface area contributed by atoms with Gasteiger partial charge in [0.15, 0.2) is 0 Å². The summed E-state index contributed by atoms with van der Waals surface area (Å²) in [5.41, 5.74) is 1.88. The van der Waals surface area contributed by atoms with Gasteiger partial charge < -0.3 is 15.5 Å². The van der Waals surface area contributed by atoms with Crippen molar-refractivity contribution in [1.29, 1.82) is 0 Å². The summed E-state index contributed by atoms with van der Waals surface area (Å²) in [4.78, 5) is 11.5. The summed E-state index contributed by atoms with van der Waals surface area (Å²) < 4.78 is 13.2. The molecule has 0 amide bonds. The van der Waals surface area contributed by atoms with Gasteiger partial charge in [0.2, 0.25) is 5.95 Å². The smallest absolute Gasteiger partial charge is 0.225 e. The quantitative estimate of drug-likeness (QED) is 0.579. The molecule has 1 saturated carbocycles. The van der Waals surface area contributed by atoms with E-state index in [0.717, 1.165) is 48.0 Å². The molecule has 0 spiro atoms. The summed E-state index contributed by atoms with van der Waals surface area (Å²) >= 11 is 6.13. The number of aromatic nitrogens is 2. The monoisotopic (exact) mass is 427 g/mol. The average Bonchev–Trinajstić information content (AvgIpc) is 2.73. The fourth-order valence-electron chi connectivity index (χ4n) is 4.01. The van der Waals surface area contributed by atoms with Crippen molar-refractivity contribution in [3.63, 3.8) is 0 Å². The van der Waals surface area contributed by atoms with E-state index in [1.807, 2.05) is 37.2 Å². The molecule has 1 aliphatic carbocycles. The molecule has 1 heterocycles. The minimum absolute atomic E-state index is 0.302. The lowest BCUT2D eigenvalue weighted by molar-refractivity contribution is 0.352. The third-order valence-corrected chi connectivity index (χ3v) is 6.02. The first-order valence-corrected chi connectivity index (χ1v) is 10.8. The van der Waals surface area contributed by atoms with Crippen molar-refractivity contribution in [3.05, 3.63) is 58.9 Å². The van der Waals surface area contributed by atoms with Gasteiger partial charge in [-0.25, -0.2) is 9.37 Å². The third kappa shape index (κ3) is 4.82. The minimum atomic E-state index is -0.302. The number of fused-ring (bicyclic) bond motifs is 1. The van der Waals surface area contributed by atoms with Crippen LogP contribution in [0.25, 0.3) is 10.9 Å². The van der Waals surface area contributed by atoms with Gasteiger partial charge in [-0.15, -0.1) is 0 Å². The zero-order valence-corrected chi connectivity index (χ0v) is 18.1. The van der Waals surface area contributed by atoms with Crippen molar-refractivity contribution in [3.8, 4) is 0 Å². The molecule has 1 aromatic heterocycles. The van der Waals surface area contributed by atoms with Crippen LogP contribution < -0.4 is 15.5 Å². The molecular formula is C23H27ClFN5. The van der Waals surface area contributed by atoms with Crippen LogP contribution in [-0.4, -0.2) is 36.1 Å². The fraction of sp³-hybridized carbons (Fsp3) is 0.391. The van der Waals surface area contributed by atoms with Crippen LogP contribution in [0.2, 0.25) is 5.02 Å². The number of para-hydroxylation sites is 1. The van der Waals surface area contributed by atoms with E-state index in [9.17, 15) is 4.39 Å². The number of anilines is 2. The van der Waals surface area contributed by atoms with Crippen LogP contribution in [0, 0.1) is 5.82 Å². The first-order chi connectivity index (χ1) is 14.5. The Bertz CT molecular complexity index is 1020. The summed E-state index contributed by atoms with van der Waals surface area (Å²) in [7, 11) is 4.01.